The van der Waals surface area contributed by atoms with Gasteiger partial charge in [0.2, 0.25) is 10.0 Å². The molecule has 0 saturated heterocycles. The SMILES string of the molecule is CCN(CC)S(=O)(=O)c1ccc(C(CCBr)c2cccc(OC)c2)cc1. The Labute approximate surface area is 165 Å². The summed E-state index contributed by atoms with van der Waals surface area (Å²) in [4.78, 5) is 0.341. The van der Waals surface area contributed by atoms with Gasteiger partial charge in [-0.3, -0.25) is 0 Å². The summed E-state index contributed by atoms with van der Waals surface area (Å²) in [6.45, 7) is 4.64. The average molecular weight is 440 g/mol. The monoisotopic (exact) mass is 439 g/mol. The highest BCUT2D eigenvalue weighted by Crippen LogP contribution is 2.31. The van der Waals surface area contributed by atoms with Crippen LogP contribution in [0.1, 0.15) is 37.3 Å². The molecule has 1 atom stereocenters. The smallest absolute Gasteiger partial charge is 0.243 e. The molecule has 6 heteroatoms. The quantitative estimate of drug-likeness (QED) is 0.534. The molecule has 4 nitrogen and oxygen atoms in total. The number of hydrogen-bond donors (Lipinski definition) is 0. The zero-order valence-corrected chi connectivity index (χ0v) is 17.9. The van der Waals surface area contributed by atoms with Crippen molar-refractivity contribution in [1.29, 1.82) is 0 Å². The van der Waals surface area contributed by atoms with E-state index in [1.165, 1.54) is 4.31 Å². The van der Waals surface area contributed by atoms with Crippen molar-refractivity contribution in [1.82, 2.24) is 4.31 Å². The van der Waals surface area contributed by atoms with Crippen LogP contribution in [-0.2, 0) is 10.0 Å². The van der Waals surface area contributed by atoms with Gasteiger partial charge in [0, 0.05) is 24.3 Å². The standard InChI is InChI=1S/C20H26BrNO3S/c1-4-22(5-2)26(23,24)19-11-9-16(10-12-19)20(13-14-21)17-7-6-8-18(15-17)25-3/h6-12,15,20H,4-5,13-14H2,1-3H3. The Morgan fingerprint density at radius 1 is 1.04 bits per heavy atom. The van der Waals surface area contributed by atoms with Gasteiger partial charge in [0.25, 0.3) is 0 Å². The molecule has 0 aromatic heterocycles. The third kappa shape index (κ3) is 4.67. The molecule has 1 unspecified atom stereocenters. The second-order valence-corrected chi connectivity index (χ2v) is 8.70. The van der Waals surface area contributed by atoms with Crippen molar-refractivity contribution in [3.8, 4) is 5.75 Å². The summed E-state index contributed by atoms with van der Waals surface area (Å²) in [5, 5.41) is 0.856. The van der Waals surface area contributed by atoms with Crippen LogP contribution >= 0.6 is 15.9 Å². The van der Waals surface area contributed by atoms with Crippen molar-refractivity contribution < 1.29 is 13.2 Å². The molecule has 142 valence electrons. The molecular formula is C20H26BrNO3S. The number of rotatable bonds is 9. The number of benzene rings is 2. The van der Waals surface area contributed by atoms with Gasteiger partial charge in [0.15, 0.2) is 0 Å². The van der Waals surface area contributed by atoms with Gasteiger partial charge < -0.3 is 4.74 Å². The highest BCUT2D eigenvalue weighted by atomic mass is 79.9. The van der Waals surface area contributed by atoms with E-state index in [1.807, 2.05) is 44.2 Å². The molecule has 0 aliphatic rings. The van der Waals surface area contributed by atoms with E-state index in [-0.39, 0.29) is 5.92 Å². The fourth-order valence-electron chi connectivity index (χ4n) is 3.08. The second kappa shape index (κ2) is 9.53. The Morgan fingerprint density at radius 3 is 2.23 bits per heavy atom. The first-order valence-electron chi connectivity index (χ1n) is 8.77. The van der Waals surface area contributed by atoms with Crippen LogP contribution in [0.5, 0.6) is 5.75 Å². The van der Waals surface area contributed by atoms with Crippen LogP contribution in [0.4, 0.5) is 0 Å². The Bertz CT molecular complexity index is 802. The molecule has 0 heterocycles. The molecule has 0 bridgehead atoms. The van der Waals surface area contributed by atoms with Crippen LogP contribution in [0.15, 0.2) is 53.4 Å². The molecule has 0 amide bonds. The first kappa shape index (κ1) is 20.9. The molecule has 2 aromatic rings. The normalized spacial score (nSPS) is 13.0. The van der Waals surface area contributed by atoms with E-state index in [2.05, 4.69) is 22.0 Å². The van der Waals surface area contributed by atoms with Crippen LogP contribution < -0.4 is 4.74 Å². The van der Waals surface area contributed by atoms with Crippen LogP contribution in [0.2, 0.25) is 0 Å². The van der Waals surface area contributed by atoms with Crippen molar-refractivity contribution >= 4 is 26.0 Å². The van der Waals surface area contributed by atoms with E-state index < -0.39 is 10.0 Å². The number of alkyl halides is 1. The molecule has 0 saturated carbocycles. The predicted octanol–water partition coefficient (Wildman–Crippen LogP) is 4.64. The van der Waals surface area contributed by atoms with Crippen LogP contribution in [0, 0.1) is 0 Å². The maximum absolute atomic E-state index is 12.7. The van der Waals surface area contributed by atoms with Gasteiger partial charge in [-0.1, -0.05) is 54.0 Å². The van der Waals surface area contributed by atoms with E-state index in [0.29, 0.717) is 18.0 Å². The minimum atomic E-state index is -3.43. The zero-order chi connectivity index (χ0) is 19.2. The largest absolute Gasteiger partial charge is 0.497 e. The van der Waals surface area contributed by atoms with Crippen LogP contribution in [0.3, 0.4) is 0 Å². The van der Waals surface area contributed by atoms with Gasteiger partial charge in [-0.05, 0) is 41.8 Å². The van der Waals surface area contributed by atoms with E-state index in [0.717, 1.165) is 28.6 Å². The lowest BCUT2D eigenvalue weighted by atomic mass is 9.89. The first-order chi connectivity index (χ1) is 12.5. The summed E-state index contributed by atoms with van der Waals surface area (Å²) in [6.07, 6.45) is 0.912. The number of halogens is 1. The van der Waals surface area contributed by atoms with Crippen molar-refractivity contribution in [2.24, 2.45) is 0 Å². The molecule has 0 aliphatic heterocycles. The van der Waals surface area contributed by atoms with Gasteiger partial charge in [0.05, 0.1) is 12.0 Å². The number of ether oxygens (including phenoxy) is 1. The van der Waals surface area contributed by atoms with Crippen LogP contribution in [0.25, 0.3) is 0 Å². The van der Waals surface area contributed by atoms with Crippen molar-refractivity contribution in [3.05, 3.63) is 59.7 Å². The van der Waals surface area contributed by atoms with E-state index >= 15 is 0 Å². The summed E-state index contributed by atoms with van der Waals surface area (Å²) in [5.41, 5.74) is 2.25. The molecule has 0 N–H and O–H groups in total. The number of hydrogen-bond acceptors (Lipinski definition) is 3. The molecule has 26 heavy (non-hydrogen) atoms. The van der Waals surface area contributed by atoms with Crippen molar-refractivity contribution in [2.45, 2.75) is 31.1 Å². The summed E-state index contributed by atoms with van der Waals surface area (Å²) < 4.78 is 32.1. The number of methoxy groups -OCH3 is 1. The van der Waals surface area contributed by atoms with Gasteiger partial charge in [-0.2, -0.15) is 4.31 Å². The summed E-state index contributed by atoms with van der Waals surface area (Å²) in [6, 6.07) is 15.3. The van der Waals surface area contributed by atoms with Gasteiger partial charge in [-0.25, -0.2) is 8.42 Å². The molecule has 2 rings (SSSR count). The molecule has 2 aromatic carbocycles. The third-order valence-electron chi connectivity index (χ3n) is 4.52. The minimum absolute atomic E-state index is 0.176. The summed E-state index contributed by atoms with van der Waals surface area (Å²) in [7, 11) is -1.77. The molecule has 0 aliphatic carbocycles. The van der Waals surface area contributed by atoms with Crippen LogP contribution in [-0.4, -0.2) is 38.3 Å². The maximum Gasteiger partial charge on any atom is 0.243 e. The average Bonchev–Trinajstić information content (AvgIpc) is 2.67. The molecule has 0 spiro atoms. The first-order valence-corrected chi connectivity index (χ1v) is 11.3. The highest BCUT2D eigenvalue weighted by Gasteiger charge is 2.22. The van der Waals surface area contributed by atoms with E-state index in [1.54, 1.807) is 19.2 Å². The number of nitrogens with zero attached hydrogens (tertiary/aromatic N) is 1. The lowest BCUT2D eigenvalue weighted by Crippen LogP contribution is -2.30. The third-order valence-corrected chi connectivity index (χ3v) is 7.04. The predicted molar refractivity (Wildman–Crippen MR) is 110 cm³/mol. The lowest BCUT2D eigenvalue weighted by Gasteiger charge is -2.20. The summed E-state index contributed by atoms with van der Waals surface area (Å²) in [5.74, 6) is 0.998. The summed E-state index contributed by atoms with van der Waals surface area (Å²) >= 11 is 3.53. The molecule has 0 radical (unpaired) electrons. The Hall–Kier alpha value is -1.37. The minimum Gasteiger partial charge on any atom is -0.497 e. The fourth-order valence-corrected chi connectivity index (χ4v) is 4.99. The topological polar surface area (TPSA) is 46.6 Å². The number of sulfonamides is 1. The Balaban J connectivity index is 2.37. The fraction of sp³-hybridized carbons (Fsp3) is 0.400. The van der Waals surface area contributed by atoms with Gasteiger partial charge >= 0.3 is 0 Å². The van der Waals surface area contributed by atoms with Gasteiger partial charge in [-0.15, -0.1) is 0 Å². The van der Waals surface area contributed by atoms with Crippen molar-refractivity contribution in [3.63, 3.8) is 0 Å². The maximum atomic E-state index is 12.7. The molecular weight excluding hydrogens is 414 g/mol. The highest BCUT2D eigenvalue weighted by molar-refractivity contribution is 9.09. The second-order valence-electron chi connectivity index (χ2n) is 5.97. The zero-order valence-electron chi connectivity index (χ0n) is 15.5. The molecule has 0 fully saturated rings. The Kier molecular flexibility index (Phi) is 7.68. The lowest BCUT2D eigenvalue weighted by molar-refractivity contribution is 0.414. The van der Waals surface area contributed by atoms with E-state index in [9.17, 15) is 8.42 Å². The Morgan fingerprint density at radius 2 is 1.69 bits per heavy atom. The van der Waals surface area contributed by atoms with Crippen molar-refractivity contribution in [2.75, 3.05) is 25.5 Å². The van der Waals surface area contributed by atoms with E-state index in [4.69, 9.17) is 4.74 Å². The van der Waals surface area contributed by atoms with Gasteiger partial charge in [0.1, 0.15) is 5.75 Å².